The van der Waals surface area contributed by atoms with Gasteiger partial charge in [0.2, 0.25) is 5.91 Å². The molecule has 2 heterocycles. The Labute approximate surface area is 205 Å². The molecule has 0 bridgehead atoms. The second-order valence-corrected chi connectivity index (χ2v) is 9.60. The van der Waals surface area contributed by atoms with Crippen molar-refractivity contribution in [1.82, 2.24) is 4.98 Å². The third-order valence-corrected chi connectivity index (χ3v) is 7.08. The number of aryl methyl sites for hydroxylation is 3. The Morgan fingerprint density at radius 1 is 1.26 bits per heavy atom. The molecule has 2 amide bonds. The van der Waals surface area contributed by atoms with Crippen LogP contribution in [0.4, 0.5) is 11.4 Å². The van der Waals surface area contributed by atoms with Gasteiger partial charge in [-0.25, -0.2) is 4.98 Å². The van der Waals surface area contributed by atoms with E-state index >= 15 is 0 Å². The van der Waals surface area contributed by atoms with Crippen molar-refractivity contribution >= 4 is 34.5 Å². The van der Waals surface area contributed by atoms with Crippen LogP contribution in [0.2, 0.25) is 0 Å². The molecule has 2 atom stereocenters. The summed E-state index contributed by atoms with van der Waals surface area (Å²) in [6.07, 6.45) is 2.11. The van der Waals surface area contributed by atoms with Crippen molar-refractivity contribution in [2.75, 3.05) is 10.2 Å². The number of nitrogens with zero attached hydrogens (tertiary/aromatic N) is 2. The number of amides is 2. The van der Waals surface area contributed by atoms with Gasteiger partial charge in [-0.15, -0.1) is 11.3 Å². The molecule has 0 fully saturated rings. The quantitative estimate of drug-likeness (QED) is 0.469. The lowest BCUT2D eigenvalue weighted by molar-refractivity contribution is -0.128. The Morgan fingerprint density at radius 2 is 2.06 bits per heavy atom. The van der Waals surface area contributed by atoms with Crippen LogP contribution in [0.15, 0.2) is 41.8 Å². The first-order chi connectivity index (χ1) is 16.3. The van der Waals surface area contributed by atoms with E-state index in [1.807, 2.05) is 48.7 Å². The van der Waals surface area contributed by atoms with Crippen LogP contribution in [0.1, 0.15) is 50.3 Å². The average molecular weight is 478 g/mol. The van der Waals surface area contributed by atoms with Gasteiger partial charge in [0.25, 0.3) is 5.91 Å². The van der Waals surface area contributed by atoms with Crippen molar-refractivity contribution in [2.24, 2.45) is 0 Å². The topological polar surface area (TPSA) is 71.5 Å². The smallest absolute Gasteiger partial charge is 0.268 e. The molecule has 34 heavy (non-hydrogen) atoms. The van der Waals surface area contributed by atoms with Gasteiger partial charge in [0, 0.05) is 16.6 Å². The summed E-state index contributed by atoms with van der Waals surface area (Å²) in [4.78, 5) is 32.9. The Morgan fingerprint density at radius 3 is 2.79 bits per heavy atom. The predicted molar refractivity (Wildman–Crippen MR) is 138 cm³/mol. The lowest BCUT2D eigenvalue weighted by Gasteiger charge is -2.36. The number of hydrogen-bond acceptors (Lipinski definition) is 5. The van der Waals surface area contributed by atoms with Gasteiger partial charge in [0.15, 0.2) is 6.10 Å². The van der Waals surface area contributed by atoms with Gasteiger partial charge in [-0.05, 0) is 69.4 Å². The van der Waals surface area contributed by atoms with Crippen molar-refractivity contribution in [3.05, 3.63) is 57.9 Å². The summed E-state index contributed by atoms with van der Waals surface area (Å²) in [5.74, 6) is 0.115. The van der Waals surface area contributed by atoms with Gasteiger partial charge in [-0.3, -0.25) is 14.5 Å². The summed E-state index contributed by atoms with van der Waals surface area (Å²) in [5, 5.41) is 6.19. The van der Waals surface area contributed by atoms with E-state index in [-0.39, 0.29) is 11.8 Å². The molecule has 7 heteroatoms. The lowest BCUT2D eigenvalue weighted by atomic mass is 10.0. The van der Waals surface area contributed by atoms with Gasteiger partial charge >= 0.3 is 0 Å². The van der Waals surface area contributed by atoms with Gasteiger partial charge < -0.3 is 10.1 Å². The summed E-state index contributed by atoms with van der Waals surface area (Å²) in [6, 6.07) is 11.0. The third-order valence-electron chi connectivity index (χ3n) is 6.17. The first-order valence-electron chi connectivity index (χ1n) is 11.8. The monoisotopic (exact) mass is 477 g/mol. The molecule has 4 rings (SSSR count). The Bertz CT molecular complexity index is 1220. The normalized spacial score (nSPS) is 16.1. The van der Waals surface area contributed by atoms with Crippen LogP contribution in [0.5, 0.6) is 5.75 Å². The fourth-order valence-electron chi connectivity index (χ4n) is 4.24. The maximum Gasteiger partial charge on any atom is 0.268 e. The average Bonchev–Trinajstić information content (AvgIpc) is 3.29. The Balaban J connectivity index is 1.67. The number of ether oxygens (including phenoxy) is 1. The lowest BCUT2D eigenvalue weighted by Crippen LogP contribution is -2.52. The molecule has 178 valence electrons. The van der Waals surface area contributed by atoms with Crippen LogP contribution in [0.25, 0.3) is 11.3 Å². The molecule has 1 aliphatic heterocycles. The maximum absolute atomic E-state index is 13.4. The number of nitrogens with one attached hydrogen (secondary N) is 1. The number of rotatable bonds is 7. The van der Waals surface area contributed by atoms with E-state index in [1.54, 1.807) is 30.1 Å². The van der Waals surface area contributed by atoms with E-state index in [4.69, 9.17) is 9.72 Å². The molecule has 0 spiro atoms. The molecule has 0 saturated heterocycles. The zero-order valence-corrected chi connectivity index (χ0v) is 21.2. The maximum atomic E-state index is 13.4. The van der Waals surface area contributed by atoms with E-state index in [9.17, 15) is 9.59 Å². The number of fused-ring (bicyclic) bond motifs is 1. The van der Waals surface area contributed by atoms with Crippen molar-refractivity contribution in [3.63, 3.8) is 0 Å². The SMILES string of the molecule is CCCc1nc(-c2ccc3c(c2)N(C(C)C(=O)Nc2c(C)cccc2CC)C(=O)C(C)O3)cs1. The summed E-state index contributed by atoms with van der Waals surface area (Å²) >= 11 is 1.64. The van der Waals surface area contributed by atoms with Crippen LogP contribution in [0, 0.1) is 6.92 Å². The zero-order valence-electron chi connectivity index (χ0n) is 20.3. The molecular weight excluding hydrogens is 446 g/mol. The molecule has 0 saturated carbocycles. The number of thiazole rings is 1. The highest BCUT2D eigenvalue weighted by atomic mass is 32.1. The molecular formula is C27H31N3O3S. The Kier molecular flexibility index (Phi) is 7.03. The second-order valence-electron chi connectivity index (χ2n) is 8.66. The van der Waals surface area contributed by atoms with Gasteiger partial charge in [0.1, 0.15) is 11.8 Å². The number of carbonyl (C=O) groups is 2. The highest BCUT2D eigenvalue weighted by Gasteiger charge is 2.37. The molecule has 2 aromatic carbocycles. The number of para-hydroxylation sites is 1. The van der Waals surface area contributed by atoms with E-state index in [2.05, 4.69) is 19.2 Å². The highest BCUT2D eigenvalue weighted by Crippen LogP contribution is 2.39. The number of anilines is 2. The first-order valence-corrected chi connectivity index (χ1v) is 12.7. The van der Waals surface area contributed by atoms with Gasteiger partial charge in [-0.1, -0.05) is 32.0 Å². The minimum Gasteiger partial charge on any atom is -0.479 e. The third kappa shape index (κ3) is 4.57. The van der Waals surface area contributed by atoms with E-state index in [0.29, 0.717) is 11.4 Å². The van der Waals surface area contributed by atoms with Gasteiger partial charge in [-0.2, -0.15) is 0 Å². The number of benzene rings is 2. The molecule has 1 N–H and O–H groups in total. The minimum atomic E-state index is -0.719. The fraction of sp³-hybridized carbons (Fsp3) is 0.370. The van der Waals surface area contributed by atoms with Crippen LogP contribution in [0.3, 0.4) is 0 Å². The van der Waals surface area contributed by atoms with Crippen molar-refractivity contribution < 1.29 is 14.3 Å². The first kappa shape index (κ1) is 24.0. The molecule has 2 unspecified atom stereocenters. The number of hydrogen-bond donors (Lipinski definition) is 1. The molecule has 3 aromatic rings. The predicted octanol–water partition coefficient (Wildman–Crippen LogP) is 5.77. The van der Waals surface area contributed by atoms with Crippen LogP contribution in [-0.4, -0.2) is 28.9 Å². The minimum absolute atomic E-state index is 0.235. The van der Waals surface area contributed by atoms with E-state index in [1.165, 1.54) is 0 Å². The number of aromatic nitrogens is 1. The summed E-state index contributed by atoms with van der Waals surface area (Å²) in [7, 11) is 0. The fourth-order valence-corrected chi connectivity index (χ4v) is 5.15. The molecule has 0 aliphatic carbocycles. The standard InChI is InChI=1S/C27H31N3O3S/c1-6-9-24-28-21(15-34-24)20-12-13-23-22(14-20)30(27(32)18(5)33-23)17(4)26(31)29-25-16(3)10-8-11-19(25)7-2/h8,10-15,17-18H,6-7,9H2,1-5H3,(H,29,31). The van der Waals surface area contributed by atoms with Crippen LogP contribution >= 0.6 is 11.3 Å². The Hall–Kier alpha value is -3.19. The van der Waals surface area contributed by atoms with E-state index < -0.39 is 12.1 Å². The summed E-state index contributed by atoms with van der Waals surface area (Å²) < 4.78 is 5.87. The van der Waals surface area contributed by atoms with Crippen LogP contribution in [-0.2, 0) is 22.4 Å². The molecule has 0 radical (unpaired) electrons. The number of carbonyl (C=O) groups excluding carboxylic acids is 2. The van der Waals surface area contributed by atoms with E-state index in [0.717, 1.165) is 52.3 Å². The zero-order chi connectivity index (χ0) is 24.4. The molecule has 1 aromatic heterocycles. The second kappa shape index (κ2) is 9.97. The van der Waals surface area contributed by atoms with Crippen molar-refractivity contribution in [1.29, 1.82) is 0 Å². The highest BCUT2D eigenvalue weighted by molar-refractivity contribution is 7.09. The molecule has 1 aliphatic rings. The summed E-state index contributed by atoms with van der Waals surface area (Å²) in [5.41, 5.74) is 5.23. The van der Waals surface area contributed by atoms with Crippen molar-refractivity contribution in [2.45, 2.75) is 66.0 Å². The van der Waals surface area contributed by atoms with Crippen LogP contribution < -0.4 is 15.0 Å². The van der Waals surface area contributed by atoms with Gasteiger partial charge in [0.05, 0.1) is 16.4 Å². The largest absolute Gasteiger partial charge is 0.479 e. The molecule has 6 nitrogen and oxygen atoms in total. The summed E-state index contributed by atoms with van der Waals surface area (Å²) in [6.45, 7) is 9.64. The van der Waals surface area contributed by atoms with Crippen molar-refractivity contribution in [3.8, 4) is 17.0 Å².